The van der Waals surface area contributed by atoms with Crippen LogP contribution < -0.4 is 5.32 Å². The molecule has 2 aliphatic rings. The zero-order valence-corrected chi connectivity index (χ0v) is 13.7. The Hall–Kier alpha value is -1.92. The second kappa shape index (κ2) is 6.53. The van der Waals surface area contributed by atoms with Crippen molar-refractivity contribution in [1.29, 1.82) is 0 Å². The molecule has 6 heteroatoms. The van der Waals surface area contributed by atoms with Gasteiger partial charge in [-0.15, -0.1) is 0 Å². The van der Waals surface area contributed by atoms with Gasteiger partial charge in [0.25, 0.3) is 0 Å². The van der Waals surface area contributed by atoms with Crippen LogP contribution in [0.4, 0.5) is 4.39 Å². The number of piperazine rings is 1. The standard InChI is InChI=1S/C18H23FN4O/c19-14-1-2-17-15(10-14)16(11-21-17)13-3-4-20-18(9-13)23-7-5-22(12-24)6-8-23/h1-2,10-13,18,20-21H,3-9H2. The first-order valence-electron chi connectivity index (χ1n) is 8.68. The summed E-state index contributed by atoms with van der Waals surface area (Å²) in [6.07, 6.45) is 5.39. The Kier molecular flexibility index (Phi) is 4.24. The van der Waals surface area contributed by atoms with Gasteiger partial charge in [0.2, 0.25) is 6.41 Å². The van der Waals surface area contributed by atoms with E-state index in [0.717, 1.165) is 62.9 Å². The van der Waals surface area contributed by atoms with Crippen molar-refractivity contribution < 1.29 is 9.18 Å². The molecule has 3 heterocycles. The van der Waals surface area contributed by atoms with E-state index >= 15 is 0 Å². The number of hydrogen-bond donors (Lipinski definition) is 2. The highest BCUT2D eigenvalue weighted by molar-refractivity contribution is 5.83. The van der Waals surface area contributed by atoms with Gasteiger partial charge < -0.3 is 15.2 Å². The summed E-state index contributed by atoms with van der Waals surface area (Å²) in [5.41, 5.74) is 2.23. The van der Waals surface area contributed by atoms with Crippen molar-refractivity contribution in [3.05, 3.63) is 35.8 Å². The molecule has 128 valence electrons. The first-order valence-corrected chi connectivity index (χ1v) is 8.68. The molecule has 0 radical (unpaired) electrons. The summed E-state index contributed by atoms with van der Waals surface area (Å²) in [4.78, 5) is 18.4. The highest BCUT2D eigenvalue weighted by atomic mass is 19.1. The lowest BCUT2D eigenvalue weighted by Crippen LogP contribution is -2.56. The molecule has 0 spiro atoms. The number of rotatable bonds is 3. The summed E-state index contributed by atoms with van der Waals surface area (Å²) < 4.78 is 13.6. The van der Waals surface area contributed by atoms with Gasteiger partial charge in [-0.2, -0.15) is 0 Å². The Balaban J connectivity index is 1.50. The minimum absolute atomic E-state index is 0.182. The van der Waals surface area contributed by atoms with E-state index in [0.29, 0.717) is 12.1 Å². The van der Waals surface area contributed by atoms with E-state index in [-0.39, 0.29) is 5.82 Å². The van der Waals surface area contributed by atoms with Gasteiger partial charge in [-0.1, -0.05) is 0 Å². The van der Waals surface area contributed by atoms with E-state index in [9.17, 15) is 9.18 Å². The van der Waals surface area contributed by atoms with Gasteiger partial charge in [0.05, 0.1) is 6.17 Å². The van der Waals surface area contributed by atoms with Crippen LogP contribution in [0.1, 0.15) is 24.3 Å². The van der Waals surface area contributed by atoms with Crippen LogP contribution in [0.3, 0.4) is 0 Å². The minimum Gasteiger partial charge on any atom is -0.361 e. The lowest BCUT2D eigenvalue weighted by Gasteiger charge is -2.42. The number of piperidine rings is 1. The summed E-state index contributed by atoms with van der Waals surface area (Å²) >= 11 is 0. The predicted molar refractivity (Wildman–Crippen MR) is 91.2 cm³/mol. The number of aromatic nitrogens is 1. The first kappa shape index (κ1) is 15.6. The largest absolute Gasteiger partial charge is 0.361 e. The van der Waals surface area contributed by atoms with Crippen molar-refractivity contribution in [3.8, 4) is 0 Å². The number of H-pyrrole nitrogens is 1. The Labute approximate surface area is 140 Å². The second-order valence-corrected chi connectivity index (χ2v) is 6.80. The normalized spacial score (nSPS) is 26.0. The number of amides is 1. The van der Waals surface area contributed by atoms with Crippen LogP contribution in [0.2, 0.25) is 0 Å². The number of nitrogens with one attached hydrogen (secondary N) is 2. The molecule has 2 aliphatic heterocycles. The molecule has 4 rings (SSSR count). The van der Waals surface area contributed by atoms with E-state index in [4.69, 9.17) is 0 Å². The van der Waals surface area contributed by atoms with Crippen LogP contribution in [0, 0.1) is 5.82 Å². The van der Waals surface area contributed by atoms with Crippen molar-refractivity contribution >= 4 is 17.3 Å². The van der Waals surface area contributed by atoms with Gasteiger partial charge >= 0.3 is 0 Å². The van der Waals surface area contributed by atoms with E-state index in [1.54, 1.807) is 6.07 Å². The summed E-state index contributed by atoms with van der Waals surface area (Å²) in [6.45, 7) is 4.37. The smallest absolute Gasteiger partial charge is 0.209 e. The molecule has 1 aromatic carbocycles. The fraction of sp³-hybridized carbons (Fsp3) is 0.500. The summed E-state index contributed by atoms with van der Waals surface area (Å²) in [7, 11) is 0. The zero-order valence-electron chi connectivity index (χ0n) is 13.7. The highest BCUT2D eigenvalue weighted by Gasteiger charge is 2.30. The number of carbonyl (C=O) groups is 1. The quantitative estimate of drug-likeness (QED) is 0.845. The van der Waals surface area contributed by atoms with Gasteiger partial charge in [-0.05, 0) is 49.1 Å². The average molecular weight is 330 g/mol. The van der Waals surface area contributed by atoms with Gasteiger partial charge in [0.15, 0.2) is 0 Å². The molecular formula is C18H23FN4O. The molecule has 5 nitrogen and oxygen atoms in total. The van der Waals surface area contributed by atoms with Crippen LogP contribution in [0.5, 0.6) is 0 Å². The number of nitrogens with zero attached hydrogens (tertiary/aromatic N) is 2. The van der Waals surface area contributed by atoms with Crippen LogP contribution in [-0.4, -0.2) is 60.1 Å². The van der Waals surface area contributed by atoms with Crippen LogP contribution in [0.15, 0.2) is 24.4 Å². The summed E-state index contributed by atoms with van der Waals surface area (Å²) in [5, 5.41) is 4.61. The van der Waals surface area contributed by atoms with Gasteiger partial charge in [-0.3, -0.25) is 9.69 Å². The Morgan fingerprint density at radius 2 is 2.04 bits per heavy atom. The number of aromatic amines is 1. The average Bonchev–Trinajstić information content (AvgIpc) is 3.05. The number of carbonyl (C=O) groups excluding carboxylic acids is 1. The maximum absolute atomic E-state index is 13.6. The van der Waals surface area contributed by atoms with Gasteiger partial charge in [0, 0.05) is 43.3 Å². The SMILES string of the molecule is O=CN1CCN(C2CC(c3c[nH]c4ccc(F)cc34)CCN2)CC1. The fourth-order valence-electron chi connectivity index (χ4n) is 4.06. The maximum atomic E-state index is 13.6. The molecule has 24 heavy (non-hydrogen) atoms. The van der Waals surface area contributed by atoms with Crippen LogP contribution >= 0.6 is 0 Å². The number of fused-ring (bicyclic) bond motifs is 1. The molecule has 0 aliphatic carbocycles. The number of halogens is 1. The fourth-order valence-corrected chi connectivity index (χ4v) is 4.06. The zero-order chi connectivity index (χ0) is 16.5. The second-order valence-electron chi connectivity index (χ2n) is 6.80. The molecule has 2 fully saturated rings. The molecule has 1 amide bonds. The predicted octanol–water partition coefficient (Wildman–Crippen LogP) is 1.87. The number of hydrogen-bond acceptors (Lipinski definition) is 3. The molecule has 2 aromatic rings. The lowest BCUT2D eigenvalue weighted by atomic mass is 9.88. The third-order valence-electron chi connectivity index (χ3n) is 5.43. The van der Waals surface area contributed by atoms with Crippen molar-refractivity contribution in [3.63, 3.8) is 0 Å². The Bertz CT molecular complexity index is 723. The monoisotopic (exact) mass is 330 g/mol. The van der Waals surface area contributed by atoms with Crippen molar-refractivity contribution in [1.82, 2.24) is 20.1 Å². The first-order chi connectivity index (χ1) is 11.7. The molecule has 1 aromatic heterocycles. The molecule has 2 N–H and O–H groups in total. The maximum Gasteiger partial charge on any atom is 0.209 e. The van der Waals surface area contributed by atoms with Crippen molar-refractivity contribution in [2.24, 2.45) is 0 Å². The minimum atomic E-state index is -0.182. The highest BCUT2D eigenvalue weighted by Crippen LogP contribution is 2.34. The van der Waals surface area contributed by atoms with Gasteiger partial charge in [-0.25, -0.2) is 4.39 Å². The van der Waals surface area contributed by atoms with Crippen molar-refractivity contribution in [2.75, 3.05) is 32.7 Å². The summed E-state index contributed by atoms with van der Waals surface area (Å²) in [5.74, 6) is 0.245. The Morgan fingerprint density at radius 1 is 1.21 bits per heavy atom. The van der Waals surface area contributed by atoms with Crippen molar-refractivity contribution in [2.45, 2.75) is 24.9 Å². The molecule has 2 unspecified atom stereocenters. The molecule has 2 atom stereocenters. The molecule has 0 saturated carbocycles. The third kappa shape index (κ3) is 2.91. The lowest BCUT2D eigenvalue weighted by molar-refractivity contribution is -0.120. The van der Waals surface area contributed by atoms with Crippen LogP contribution in [0.25, 0.3) is 10.9 Å². The topological polar surface area (TPSA) is 51.4 Å². The van der Waals surface area contributed by atoms with E-state index in [1.165, 1.54) is 11.6 Å². The third-order valence-corrected chi connectivity index (χ3v) is 5.43. The molecular weight excluding hydrogens is 307 g/mol. The van der Waals surface area contributed by atoms with E-state index < -0.39 is 0 Å². The Morgan fingerprint density at radius 3 is 2.83 bits per heavy atom. The van der Waals surface area contributed by atoms with Crippen LogP contribution in [-0.2, 0) is 4.79 Å². The van der Waals surface area contributed by atoms with E-state index in [1.807, 2.05) is 17.2 Å². The van der Waals surface area contributed by atoms with Gasteiger partial charge in [0.1, 0.15) is 5.82 Å². The summed E-state index contributed by atoms with van der Waals surface area (Å²) in [6, 6.07) is 4.95. The van der Waals surface area contributed by atoms with E-state index in [2.05, 4.69) is 15.2 Å². The molecule has 2 saturated heterocycles. The number of benzene rings is 1. The molecule has 0 bridgehead atoms.